The summed E-state index contributed by atoms with van der Waals surface area (Å²) in [6, 6.07) is 21.6. The first-order valence-corrected chi connectivity index (χ1v) is 53.3. The van der Waals surface area contributed by atoms with E-state index in [4.69, 9.17) is 8.92 Å². The van der Waals surface area contributed by atoms with Crippen molar-refractivity contribution in [2.24, 2.45) is 41.4 Å². The van der Waals surface area contributed by atoms with Crippen molar-refractivity contribution >= 4 is 133 Å². The highest BCUT2D eigenvalue weighted by atomic mass is 79.9. The van der Waals surface area contributed by atoms with Crippen LogP contribution in [-0.2, 0) is 84.6 Å². The van der Waals surface area contributed by atoms with Gasteiger partial charge in [-0.25, -0.2) is 46.9 Å². The van der Waals surface area contributed by atoms with Gasteiger partial charge in [0.1, 0.15) is 19.8 Å². The highest BCUT2D eigenvalue weighted by Gasteiger charge is 2.46. The highest BCUT2D eigenvalue weighted by Crippen LogP contribution is 2.44. The first-order chi connectivity index (χ1) is 52.0. The summed E-state index contributed by atoms with van der Waals surface area (Å²) in [5.41, 5.74) is 1.04. The van der Waals surface area contributed by atoms with Crippen LogP contribution in [0.2, 0.25) is 0 Å². The van der Waals surface area contributed by atoms with E-state index in [9.17, 15) is 70.3 Å². The number of hydrogen-bond acceptors (Lipinski definition) is 24. The minimum Gasteiger partial charge on any atom is -0.444 e. The van der Waals surface area contributed by atoms with Crippen LogP contribution in [0, 0.1) is 41.4 Å². The molecule has 8 heterocycles. The summed E-state index contributed by atoms with van der Waals surface area (Å²) >= 11 is 7.45. The van der Waals surface area contributed by atoms with Gasteiger partial charge in [0, 0.05) is 99.8 Å². The zero-order valence-corrected chi connectivity index (χ0v) is 74.4. The molecule has 6 atom stereocenters. The van der Waals surface area contributed by atoms with Gasteiger partial charge in [0.15, 0.2) is 29.5 Å². The number of ketones is 1. The van der Waals surface area contributed by atoms with Crippen molar-refractivity contribution < 1.29 is 79.2 Å². The average molecular weight is 1780 g/mol. The molecule has 0 bridgehead atoms. The summed E-state index contributed by atoms with van der Waals surface area (Å²) in [5.74, 6) is 8.86. The first kappa shape index (κ1) is 90.0. The monoisotopic (exact) mass is 1780 g/mol. The van der Waals surface area contributed by atoms with Gasteiger partial charge < -0.3 is 29.6 Å². The summed E-state index contributed by atoms with van der Waals surface area (Å²) in [6.07, 6.45) is 17.0. The van der Waals surface area contributed by atoms with Gasteiger partial charge in [-0.3, -0.25) is 13.9 Å². The lowest BCUT2D eigenvalue weighted by Crippen LogP contribution is -2.61. The number of Topliss-reactive ketones (excluding diaryl/α,β-unsaturated/α-hetero) is 1. The summed E-state index contributed by atoms with van der Waals surface area (Å²) in [5, 5.41) is 24.6. The van der Waals surface area contributed by atoms with Crippen molar-refractivity contribution in [3.63, 3.8) is 0 Å². The zero-order chi connectivity index (χ0) is 80.7. The molecule has 1 amide bonds. The summed E-state index contributed by atoms with van der Waals surface area (Å²) in [7, 11) is -19.2. The third kappa shape index (κ3) is 27.4. The van der Waals surface area contributed by atoms with Crippen molar-refractivity contribution in [3.8, 4) is 0 Å². The fraction of sp³-hybridized carbons (Fsp3) is 0.714. The normalized spacial score (nSPS) is 26.1. The maximum absolute atomic E-state index is 13.3. The molecule has 6 saturated heterocycles. The number of hydrogen-bond donors (Lipinski definition) is 2. The molecule has 15 rings (SSSR count). The van der Waals surface area contributed by atoms with Gasteiger partial charge in [-0.2, -0.15) is 28.8 Å². The van der Waals surface area contributed by atoms with Gasteiger partial charge in [-0.05, 0) is 232 Å². The van der Waals surface area contributed by atoms with Gasteiger partial charge >= 0.3 is 6.09 Å². The highest BCUT2D eigenvalue weighted by molar-refractivity contribution is 9.09. The van der Waals surface area contributed by atoms with E-state index < -0.39 is 76.9 Å². The maximum Gasteiger partial charge on any atom is 0.410 e. The number of carbonyl (C=O) groups is 2. The van der Waals surface area contributed by atoms with Crippen molar-refractivity contribution in [1.82, 2.24) is 18.4 Å². The van der Waals surface area contributed by atoms with E-state index in [1.807, 2.05) is 78.7 Å². The number of thiophene rings is 2. The molecule has 0 radical (unpaired) electrons. The molecular formula is C77H117BrN6O18S9. The topological polar surface area (TPSA) is 317 Å². The van der Waals surface area contributed by atoms with Crippen molar-refractivity contribution in [2.45, 2.75) is 188 Å². The van der Waals surface area contributed by atoms with E-state index in [-0.39, 0.29) is 59.2 Å². The molecule has 2 N–H and O–H groups in total. The lowest BCUT2D eigenvalue weighted by atomic mass is 9.98. The molecule has 624 valence electrons. The number of aliphatic hydroxyl groups is 2. The second kappa shape index (κ2) is 37.7. The maximum atomic E-state index is 13.3. The number of amides is 1. The van der Waals surface area contributed by atoms with Crippen molar-refractivity contribution in [3.05, 3.63) is 94.7 Å². The summed E-state index contributed by atoms with van der Waals surface area (Å²) < 4.78 is 159. The van der Waals surface area contributed by atoms with Crippen LogP contribution in [0.15, 0.2) is 92.0 Å². The average Bonchev–Trinajstić information content (AvgIpc) is 1.72. The van der Waals surface area contributed by atoms with Crippen LogP contribution >= 0.6 is 50.4 Å². The first-order valence-electron chi connectivity index (χ1n) is 39.1. The molecular weight excluding hydrogens is 1670 g/mol. The van der Waals surface area contributed by atoms with Gasteiger partial charge in [0.05, 0.1) is 76.0 Å². The van der Waals surface area contributed by atoms with Gasteiger partial charge in [0.25, 0.3) is 30.2 Å². The molecule has 11 fully saturated rings. The minimum atomic E-state index is -3.68. The number of sulfone groups is 3. The van der Waals surface area contributed by atoms with Gasteiger partial charge in [0.2, 0.25) is 0 Å². The molecule has 2 aromatic heterocycles. The Morgan fingerprint density at radius 1 is 0.532 bits per heavy atom. The Hall–Kier alpha value is -3.33. The third-order valence-electron chi connectivity index (χ3n) is 22.2. The Kier molecular flexibility index (Phi) is 30.6. The lowest BCUT2D eigenvalue weighted by Gasteiger charge is -2.46. The quantitative estimate of drug-likeness (QED) is 0.0651. The van der Waals surface area contributed by atoms with Crippen LogP contribution in [-0.4, -0.2) is 244 Å². The lowest BCUT2D eigenvalue weighted by molar-refractivity contribution is -0.117. The van der Waals surface area contributed by atoms with E-state index >= 15 is 0 Å². The van der Waals surface area contributed by atoms with E-state index in [0.29, 0.717) is 107 Å². The molecule has 6 aliphatic heterocycles. The standard InChI is InChI=1S/C25H35N3O5S3.C19H26N2O6S3.C12H21NO2S.2C8H14O2S.C5H7BrO/c1-25(2,29)20-7-9-21(10-8-20)28-12-11-27(36(32,33)24-4-3-14-34-24)17-22(28)16-26-13-15-35(30,31)18-23(26)19-5-6-19;1-19(2,22)15-6-8-16(9-7-15)21-11-10-20(13-17(21)14-27-29(3,23)24)30(25,26)18-5-4-12-28-18;1-12(2,3)15-11(14)13-6-7-16-8-10(13)9-4-5-9;2*9-11(10)5-1-2-8(6-11)7-3-4-7;6-3-5(7)4-1-2-4/h3-4,7-10,14,19,22-23,29H,5-6,11-13,15-18H2,1-2H3;4-9,12,17,22H,10-11,13-14H2,1-3H3;9-10H,4-8H2,1-3H3;2*7-8H,1-6H2;4H,1-3H2/t22-,23?;17-;;;;/m01..../s1. The number of benzene rings is 2. The Morgan fingerprint density at radius 2 is 0.973 bits per heavy atom. The zero-order valence-electron chi connectivity index (χ0n) is 65.4. The SMILES string of the molecule is CC(C)(C)OC(=O)N1CCSCC1C1CC1.CC(C)(O)c1ccc(N2CCN(S(=O)(=O)c3cccs3)C[C@@H]2CN2CCS(=O)(=O)CC2C2CC2)cc1.CC(C)(O)c1ccc(N2CCN(S(=O)(=O)c3cccs3)C[C@@H]2COS(C)(=O)=O)cc1.O=C(CBr)C1CC1.O=S1(=O)CCCC(C2CC2)C1.O=S1(=O)CCCC(C2CC2)C1. The Labute approximate surface area is 682 Å². The molecule has 0 spiro atoms. The minimum absolute atomic E-state index is 0.00689. The number of nitrogens with zero attached hydrogens (tertiary/aromatic N) is 6. The Morgan fingerprint density at radius 3 is 1.36 bits per heavy atom. The molecule has 111 heavy (non-hydrogen) atoms. The fourth-order valence-electron chi connectivity index (χ4n) is 15.3. The molecule has 34 heteroatoms. The van der Waals surface area contributed by atoms with Crippen molar-refractivity contribution in [1.29, 1.82) is 0 Å². The molecule has 24 nitrogen and oxygen atoms in total. The number of piperazine rings is 2. The van der Waals surface area contributed by atoms with Crippen LogP contribution in [0.5, 0.6) is 0 Å². The van der Waals surface area contributed by atoms with E-state index in [2.05, 4.69) is 25.7 Å². The van der Waals surface area contributed by atoms with Crippen LogP contribution < -0.4 is 9.80 Å². The van der Waals surface area contributed by atoms with Gasteiger partial charge in [-0.1, -0.05) is 52.3 Å². The number of alkyl halides is 1. The molecule has 5 aliphatic carbocycles. The smallest absolute Gasteiger partial charge is 0.410 e. The number of sulfonamides is 2. The van der Waals surface area contributed by atoms with E-state index in [1.54, 1.807) is 79.2 Å². The Bertz CT molecular complexity index is 4370. The molecule has 4 unspecified atom stereocenters. The third-order valence-corrected chi connectivity index (χ3v) is 36.2. The van der Waals surface area contributed by atoms with Crippen LogP contribution in [0.4, 0.5) is 16.2 Å². The van der Waals surface area contributed by atoms with Gasteiger partial charge in [-0.15, -0.1) is 22.7 Å². The number of rotatable bonds is 19. The predicted octanol–water partition coefficient (Wildman–Crippen LogP) is 10.7. The fourth-order valence-corrected chi connectivity index (χ4v) is 28.0. The van der Waals surface area contributed by atoms with Crippen LogP contribution in [0.25, 0.3) is 0 Å². The molecule has 2 aromatic carbocycles. The number of carbonyl (C=O) groups excluding carboxylic acids is 2. The van der Waals surface area contributed by atoms with E-state index in [1.165, 1.54) is 54.2 Å². The van der Waals surface area contributed by atoms with Crippen molar-refractivity contribution in [2.75, 3.05) is 133 Å². The second-order valence-electron chi connectivity index (χ2n) is 33.7. The molecule has 4 aromatic rings. The van der Waals surface area contributed by atoms with E-state index in [0.717, 1.165) is 127 Å². The number of halogens is 1. The molecule has 5 saturated carbocycles. The molecule has 11 aliphatic rings. The number of anilines is 2. The number of ether oxygens (including phenoxy) is 1. The Balaban J connectivity index is 0.000000154. The number of thioether (sulfide) groups is 1. The predicted molar refractivity (Wildman–Crippen MR) is 446 cm³/mol. The van der Waals surface area contributed by atoms with Crippen LogP contribution in [0.3, 0.4) is 0 Å². The largest absolute Gasteiger partial charge is 0.444 e. The summed E-state index contributed by atoms with van der Waals surface area (Å²) in [4.78, 5) is 31.0. The second-order valence-corrected chi connectivity index (χ2v) is 50.0. The van der Waals surface area contributed by atoms with Crippen LogP contribution in [0.1, 0.15) is 149 Å². The summed E-state index contributed by atoms with van der Waals surface area (Å²) in [6.45, 7) is 16.5.